The molecule has 3 rings (SSSR count). The van der Waals surface area contributed by atoms with E-state index >= 15 is 0 Å². The summed E-state index contributed by atoms with van der Waals surface area (Å²) in [5.74, 6) is 0. The second kappa shape index (κ2) is 5.66. The molecule has 2 fully saturated rings. The Bertz CT molecular complexity index is 448. The molecule has 2 aliphatic rings. The zero-order valence-corrected chi connectivity index (χ0v) is 11.4. The smallest absolute Gasteiger partial charge is 0.312 e. The van der Waals surface area contributed by atoms with E-state index in [0.29, 0.717) is 12.3 Å². The van der Waals surface area contributed by atoms with E-state index in [-0.39, 0.29) is 24.0 Å². The lowest BCUT2D eigenvalue weighted by molar-refractivity contribution is -0.386. The third-order valence-corrected chi connectivity index (χ3v) is 3.33. The van der Waals surface area contributed by atoms with Crippen LogP contribution in [-0.4, -0.2) is 33.5 Å². The lowest BCUT2D eigenvalue weighted by Crippen LogP contribution is -2.12. The van der Waals surface area contributed by atoms with Gasteiger partial charge in [-0.25, -0.2) is 0 Å². The Balaban J connectivity index is 0.000000637. The van der Waals surface area contributed by atoms with Crippen molar-refractivity contribution in [2.24, 2.45) is 7.05 Å². The predicted octanol–water partition coefficient (Wildman–Crippen LogP) is 1.97. The van der Waals surface area contributed by atoms with Gasteiger partial charge in [-0.3, -0.25) is 14.8 Å². The van der Waals surface area contributed by atoms with Crippen LogP contribution >= 0.6 is 0 Å². The first-order chi connectivity index (χ1) is 9.16. The SMILES string of the molecule is CC.Cn1ncc([N+](=O)[O-])c1C1CCC2OC2CO1. The van der Waals surface area contributed by atoms with Crippen LogP contribution in [0.1, 0.15) is 38.5 Å². The Hall–Kier alpha value is -1.47. The van der Waals surface area contributed by atoms with Crippen LogP contribution in [0.25, 0.3) is 0 Å². The van der Waals surface area contributed by atoms with Crippen LogP contribution in [0.2, 0.25) is 0 Å². The molecule has 3 atom stereocenters. The van der Waals surface area contributed by atoms with Crippen LogP contribution in [0.3, 0.4) is 0 Å². The Morgan fingerprint density at radius 3 is 2.84 bits per heavy atom. The molecule has 0 aliphatic carbocycles. The molecule has 0 spiro atoms. The molecule has 3 unspecified atom stereocenters. The average molecular weight is 269 g/mol. The van der Waals surface area contributed by atoms with Crippen molar-refractivity contribution in [2.45, 2.75) is 45.0 Å². The van der Waals surface area contributed by atoms with Gasteiger partial charge < -0.3 is 9.47 Å². The summed E-state index contributed by atoms with van der Waals surface area (Å²) < 4.78 is 12.6. The minimum absolute atomic E-state index is 0.0361. The second-order valence-electron chi connectivity index (χ2n) is 4.41. The predicted molar refractivity (Wildman–Crippen MR) is 67.8 cm³/mol. The number of ether oxygens (including phenoxy) is 2. The quantitative estimate of drug-likeness (QED) is 0.465. The van der Waals surface area contributed by atoms with E-state index in [9.17, 15) is 10.1 Å². The molecule has 1 aromatic heterocycles. The van der Waals surface area contributed by atoms with Crippen LogP contribution < -0.4 is 0 Å². The van der Waals surface area contributed by atoms with Crippen LogP contribution in [0.5, 0.6) is 0 Å². The molecule has 3 heterocycles. The Labute approximate surface area is 111 Å². The normalized spacial score (nSPS) is 28.7. The zero-order valence-electron chi connectivity index (χ0n) is 11.4. The van der Waals surface area contributed by atoms with Crippen molar-refractivity contribution >= 4 is 5.69 Å². The lowest BCUT2D eigenvalue weighted by Gasteiger charge is -2.15. The summed E-state index contributed by atoms with van der Waals surface area (Å²) >= 11 is 0. The highest BCUT2D eigenvalue weighted by Crippen LogP contribution is 2.38. The molecular weight excluding hydrogens is 250 g/mol. The van der Waals surface area contributed by atoms with E-state index in [0.717, 1.165) is 12.8 Å². The largest absolute Gasteiger partial charge is 0.369 e. The van der Waals surface area contributed by atoms with Gasteiger partial charge >= 0.3 is 5.69 Å². The van der Waals surface area contributed by atoms with Gasteiger partial charge in [-0.05, 0) is 12.8 Å². The summed E-state index contributed by atoms with van der Waals surface area (Å²) in [5, 5.41) is 14.8. The number of epoxide rings is 1. The molecule has 0 aromatic carbocycles. The summed E-state index contributed by atoms with van der Waals surface area (Å²) in [6, 6.07) is 0. The van der Waals surface area contributed by atoms with E-state index in [4.69, 9.17) is 9.47 Å². The van der Waals surface area contributed by atoms with E-state index in [1.54, 1.807) is 7.05 Å². The summed E-state index contributed by atoms with van der Waals surface area (Å²) in [4.78, 5) is 10.5. The Morgan fingerprint density at radius 2 is 2.16 bits per heavy atom. The average Bonchev–Trinajstić information content (AvgIpc) is 3.07. The number of fused-ring (bicyclic) bond motifs is 1. The number of hydrogen-bond donors (Lipinski definition) is 0. The van der Waals surface area contributed by atoms with Gasteiger partial charge in [0.2, 0.25) is 0 Å². The molecular formula is C12H19N3O4. The molecule has 7 nitrogen and oxygen atoms in total. The fourth-order valence-corrected chi connectivity index (χ4v) is 2.35. The van der Waals surface area contributed by atoms with Gasteiger partial charge in [0.05, 0.1) is 17.6 Å². The summed E-state index contributed by atoms with van der Waals surface area (Å²) in [5.41, 5.74) is 0.588. The van der Waals surface area contributed by atoms with Gasteiger partial charge in [0.1, 0.15) is 24.1 Å². The van der Waals surface area contributed by atoms with Crippen molar-refractivity contribution < 1.29 is 14.4 Å². The topological polar surface area (TPSA) is 82.7 Å². The number of nitrogens with zero attached hydrogens (tertiary/aromatic N) is 3. The molecule has 0 radical (unpaired) electrons. The van der Waals surface area contributed by atoms with Gasteiger partial charge in [-0.2, -0.15) is 5.10 Å². The van der Waals surface area contributed by atoms with Crippen LogP contribution in [0, 0.1) is 10.1 Å². The fraction of sp³-hybridized carbons (Fsp3) is 0.750. The molecule has 19 heavy (non-hydrogen) atoms. The highest BCUT2D eigenvalue weighted by atomic mass is 16.6. The van der Waals surface area contributed by atoms with Gasteiger partial charge in [0.15, 0.2) is 0 Å². The standard InChI is InChI=1S/C10H13N3O4.C2H6/c1-12-10(6(4-11-12)13(14)15)8-3-2-7-9(17-7)5-16-8;1-2/h4,7-9H,2-3,5H2,1H3;1-2H3. The maximum absolute atomic E-state index is 10.9. The first kappa shape index (κ1) is 14.0. The summed E-state index contributed by atoms with van der Waals surface area (Å²) in [7, 11) is 1.70. The molecule has 2 saturated heterocycles. The van der Waals surface area contributed by atoms with Crippen molar-refractivity contribution in [2.75, 3.05) is 6.61 Å². The third kappa shape index (κ3) is 2.76. The molecule has 106 valence electrons. The number of hydrogen-bond acceptors (Lipinski definition) is 5. The number of rotatable bonds is 2. The van der Waals surface area contributed by atoms with Crippen molar-refractivity contribution in [1.29, 1.82) is 0 Å². The van der Waals surface area contributed by atoms with E-state index in [1.165, 1.54) is 10.9 Å². The summed E-state index contributed by atoms with van der Waals surface area (Å²) in [6.45, 7) is 4.51. The first-order valence-corrected chi connectivity index (χ1v) is 6.60. The molecule has 0 N–H and O–H groups in total. The highest BCUT2D eigenvalue weighted by Gasteiger charge is 2.43. The van der Waals surface area contributed by atoms with Crippen LogP contribution in [-0.2, 0) is 16.5 Å². The van der Waals surface area contributed by atoms with Crippen LogP contribution in [0.15, 0.2) is 6.20 Å². The number of aryl methyl sites for hydroxylation is 1. The van der Waals surface area contributed by atoms with Crippen molar-refractivity contribution in [1.82, 2.24) is 9.78 Å². The number of aromatic nitrogens is 2. The maximum Gasteiger partial charge on any atom is 0.312 e. The van der Waals surface area contributed by atoms with Gasteiger partial charge in [-0.15, -0.1) is 0 Å². The van der Waals surface area contributed by atoms with E-state index in [2.05, 4.69) is 5.10 Å². The van der Waals surface area contributed by atoms with E-state index < -0.39 is 4.92 Å². The van der Waals surface area contributed by atoms with Crippen molar-refractivity contribution in [3.8, 4) is 0 Å². The second-order valence-corrected chi connectivity index (χ2v) is 4.41. The van der Waals surface area contributed by atoms with Crippen molar-refractivity contribution in [3.05, 3.63) is 22.0 Å². The minimum Gasteiger partial charge on any atom is -0.369 e. The fourth-order valence-electron chi connectivity index (χ4n) is 2.35. The van der Waals surface area contributed by atoms with Gasteiger partial charge in [-0.1, -0.05) is 13.8 Å². The highest BCUT2D eigenvalue weighted by molar-refractivity contribution is 5.34. The first-order valence-electron chi connectivity index (χ1n) is 6.60. The Kier molecular flexibility index (Phi) is 4.16. The number of nitro groups is 1. The maximum atomic E-state index is 10.9. The molecule has 0 saturated carbocycles. The van der Waals surface area contributed by atoms with Crippen LogP contribution in [0.4, 0.5) is 5.69 Å². The zero-order chi connectivity index (χ0) is 14.0. The lowest BCUT2D eigenvalue weighted by atomic mass is 10.1. The molecule has 0 bridgehead atoms. The molecule has 2 aliphatic heterocycles. The Morgan fingerprint density at radius 1 is 1.42 bits per heavy atom. The molecule has 0 amide bonds. The summed E-state index contributed by atoms with van der Waals surface area (Å²) in [6.07, 6.45) is 3.12. The van der Waals surface area contributed by atoms with Gasteiger partial charge in [0, 0.05) is 7.05 Å². The van der Waals surface area contributed by atoms with Crippen molar-refractivity contribution in [3.63, 3.8) is 0 Å². The molecule has 1 aromatic rings. The monoisotopic (exact) mass is 269 g/mol. The third-order valence-electron chi connectivity index (χ3n) is 3.33. The van der Waals surface area contributed by atoms with E-state index in [1.807, 2.05) is 13.8 Å². The minimum atomic E-state index is -0.409. The molecule has 7 heteroatoms. The van der Waals surface area contributed by atoms with Gasteiger partial charge in [0.25, 0.3) is 0 Å².